The summed E-state index contributed by atoms with van der Waals surface area (Å²) in [6.45, 7) is 7.08. The highest BCUT2D eigenvalue weighted by atomic mass is 19.2. The summed E-state index contributed by atoms with van der Waals surface area (Å²) in [5, 5.41) is 0. The van der Waals surface area contributed by atoms with Crippen LogP contribution in [-0.4, -0.2) is 12.7 Å². The van der Waals surface area contributed by atoms with Gasteiger partial charge in [-0.1, -0.05) is 127 Å². The molecule has 0 bridgehead atoms. The van der Waals surface area contributed by atoms with Crippen molar-refractivity contribution in [1.29, 1.82) is 0 Å². The van der Waals surface area contributed by atoms with Gasteiger partial charge in [0.2, 0.25) is 5.82 Å². The van der Waals surface area contributed by atoms with E-state index in [4.69, 9.17) is 9.47 Å². The van der Waals surface area contributed by atoms with E-state index in [9.17, 15) is 4.39 Å². The van der Waals surface area contributed by atoms with Gasteiger partial charge < -0.3 is 9.47 Å². The van der Waals surface area contributed by atoms with Crippen molar-refractivity contribution in [2.24, 2.45) is 0 Å². The van der Waals surface area contributed by atoms with Crippen molar-refractivity contribution in [1.82, 2.24) is 0 Å². The Morgan fingerprint density at radius 1 is 0.548 bits per heavy atom. The van der Waals surface area contributed by atoms with Gasteiger partial charge >= 0.3 is 0 Å². The van der Waals surface area contributed by atoms with Crippen LogP contribution < -0.4 is 9.47 Å². The largest absolute Gasteiger partial charge is 0.494 e. The molecule has 0 aliphatic carbocycles. The van der Waals surface area contributed by atoms with Crippen LogP contribution in [0.5, 0.6) is 11.5 Å². The van der Waals surface area contributed by atoms with Crippen LogP contribution >= 0.6 is 0 Å². The molecule has 0 aliphatic heterocycles. The Labute approximate surface area is 253 Å². The maximum absolute atomic E-state index is 15.0. The molecule has 0 saturated heterocycles. The maximum atomic E-state index is 15.0. The molecule has 0 heterocycles. The average molecular weight is 579 g/mol. The molecule has 4 heteroatoms. The third-order valence-electron chi connectivity index (χ3n) is 7.99. The third-order valence-corrected chi connectivity index (χ3v) is 7.99. The van der Waals surface area contributed by atoms with Crippen LogP contribution in [0.3, 0.4) is 0 Å². The number of benzene rings is 3. The number of hydrogen-bond acceptors (Lipinski definition) is 2. The molecule has 0 radical (unpaired) electrons. The highest BCUT2D eigenvalue weighted by molar-refractivity contribution is 5.71. The summed E-state index contributed by atoms with van der Waals surface area (Å²) in [7, 11) is 0. The highest BCUT2D eigenvalue weighted by Crippen LogP contribution is 2.32. The van der Waals surface area contributed by atoms with Gasteiger partial charge in [0, 0.05) is 5.56 Å². The summed E-state index contributed by atoms with van der Waals surface area (Å²) < 4.78 is 41.5. The average Bonchev–Trinajstić information content (AvgIpc) is 3.01. The van der Waals surface area contributed by atoms with Gasteiger partial charge in [0.05, 0.1) is 12.7 Å². The molecule has 0 amide bonds. The zero-order valence-corrected chi connectivity index (χ0v) is 26.2. The Hall–Kier alpha value is -2.88. The molecule has 0 N–H and O–H groups in total. The lowest BCUT2D eigenvalue weighted by Gasteiger charge is -2.16. The SMILES string of the molecule is CCCCCCCCCCCCOc1ccc(-c2ccc(-c3ccc(O[C@H](C)CCCCCC)c(F)c3F)cc2)cc1. The Bertz CT molecular complexity index is 1140. The second-order valence-corrected chi connectivity index (χ2v) is 11.6. The monoisotopic (exact) mass is 578 g/mol. The number of hydrogen-bond donors (Lipinski definition) is 0. The van der Waals surface area contributed by atoms with Gasteiger partial charge in [0.25, 0.3) is 0 Å². The molecule has 3 aromatic carbocycles. The minimum atomic E-state index is -0.926. The first-order chi connectivity index (χ1) is 20.5. The van der Waals surface area contributed by atoms with E-state index in [2.05, 4.69) is 13.8 Å². The molecule has 42 heavy (non-hydrogen) atoms. The summed E-state index contributed by atoms with van der Waals surface area (Å²) in [6.07, 6.45) is 18.3. The molecule has 0 fully saturated rings. The minimum Gasteiger partial charge on any atom is -0.494 e. The summed E-state index contributed by atoms with van der Waals surface area (Å²) >= 11 is 0. The second-order valence-electron chi connectivity index (χ2n) is 11.6. The van der Waals surface area contributed by atoms with Crippen LogP contribution in [0, 0.1) is 11.6 Å². The van der Waals surface area contributed by atoms with Crippen molar-refractivity contribution in [3.8, 4) is 33.8 Å². The van der Waals surface area contributed by atoms with E-state index in [1.165, 1.54) is 64.2 Å². The van der Waals surface area contributed by atoms with Crippen LogP contribution in [-0.2, 0) is 0 Å². The van der Waals surface area contributed by atoms with Crippen molar-refractivity contribution in [2.75, 3.05) is 6.61 Å². The topological polar surface area (TPSA) is 18.5 Å². The quantitative estimate of drug-likeness (QED) is 0.117. The highest BCUT2D eigenvalue weighted by Gasteiger charge is 2.17. The van der Waals surface area contributed by atoms with Gasteiger partial charge in [-0.05, 0) is 67.1 Å². The fourth-order valence-corrected chi connectivity index (χ4v) is 5.35. The standard InChI is InChI=1S/C38H52F2O2/c1-4-6-8-10-11-12-13-14-15-17-29-41-34-25-23-32(24-26-34)31-19-21-33(22-20-31)35-27-28-36(38(40)37(35)39)42-30(3)18-16-9-7-5-2/h19-28,30H,4-18,29H2,1-3H3/t30-/m1/s1. The lowest BCUT2D eigenvalue weighted by Crippen LogP contribution is -2.13. The maximum Gasteiger partial charge on any atom is 0.201 e. The van der Waals surface area contributed by atoms with Crippen molar-refractivity contribution < 1.29 is 18.3 Å². The van der Waals surface area contributed by atoms with Gasteiger partial charge in [-0.3, -0.25) is 0 Å². The van der Waals surface area contributed by atoms with E-state index in [0.717, 1.165) is 55.6 Å². The van der Waals surface area contributed by atoms with Crippen LogP contribution in [0.1, 0.15) is 117 Å². The smallest absolute Gasteiger partial charge is 0.201 e. The van der Waals surface area contributed by atoms with Crippen LogP contribution in [0.25, 0.3) is 22.3 Å². The molecule has 0 spiro atoms. The molecule has 2 nitrogen and oxygen atoms in total. The van der Waals surface area contributed by atoms with E-state index in [1.807, 2.05) is 55.5 Å². The molecule has 230 valence electrons. The molecule has 0 unspecified atom stereocenters. The number of halogens is 2. The van der Waals surface area contributed by atoms with Gasteiger partial charge in [0.15, 0.2) is 11.6 Å². The first-order valence-electron chi connectivity index (χ1n) is 16.5. The lowest BCUT2D eigenvalue weighted by molar-refractivity contribution is 0.195. The van der Waals surface area contributed by atoms with Crippen molar-refractivity contribution >= 4 is 0 Å². The van der Waals surface area contributed by atoms with E-state index in [0.29, 0.717) is 5.56 Å². The van der Waals surface area contributed by atoms with Gasteiger partial charge in [-0.2, -0.15) is 4.39 Å². The van der Waals surface area contributed by atoms with E-state index in [1.54, 1.807) is 12.1 Å². The Balaban J connectivity index is 1.44. The molecule has 1 atom stereocenters. The van der Waals surface area contributed by atoms with E-state index < -0.39 is 11.6 Å². The third kappa shape index (κ3) is 11.4. The zero-order valence-electron chi connectivity index (χ0n) is 26.2. The Kier molecular flexibility index (Phi) is 15.5. The van der Waals surface area contributed by atoms with Crippen LogP contribution in [0.15, 0.2) is 60.7 Å². The molecule has 3 aromatic rings. The fourth-order valence-electron chi connectivity index (χ4n) is 5.35. The first kappa shape index (κ1) is 33.6. The van der Waals surface area contributed by atoms with Gasteiger partial charge in [-0.15, -0.1) is 0 Å². The fraction of sp³-hybridized carbons (Fsp3) is 0.526. The minimum absolute atomic E-state index is 0.0219. The predicted octanol–water partition coefficient (Wildman–Crippen LogP) is 12.3. The first-order valence-corrected chi connectivity index (χ1v) is 16.5. The molecule has 3 rings (SSSR count). The number of unbranched alkanes of at least 4 members (excludes halogenated alkanes) is 12. The Morgan fingerprint density at radius 3 is 1.64 bits per heavy atom. The summed E-state index contributed by atoms with van der Waals surface area (Å²) in [4.78, 5) is 0. The second kappa shape index (κ2) is 19.3. The van der Waals surface area contributed by atoms with Crippen LogP contribution in [0.4, 0.5) is 8.78 Å². The zero-order chi connectivity index (χ0) is 30.0. The van der Waals surface area contributed by atoms with E-state index >= 15 is 4.39 Å². The normalized spacial score (nSPS) is 11.9. The van der Waals surface area contributed by atoms with Crippen molar-refractivity contribution in [2.45, 2.75) is 123 Å². The summed E-state index contributed by atoms with van der Waals surface area (Å²) in [5.41, 5.74) is 2.93. The van der Waals surface area contributed by atoms with E-state index in [-0.39, 0.29) is 17.4 Å². The van der Waals surface area contributed by atoms with Crippen molar-refractivity contribution in [3.05, 3.63) is 72.3 Å². The van der Waals surface area contributed by atoms with Gasteiger partial charge in [0.1, 0.15) is 5.75 Å². The summed E-state index contributed by atoms with van der Waals surface area (Å²) in [6, 6.07) is 18.8. The van der Waals surface area contributed by atoms with Crippen LogP contribution in [0.2, 0.25) is 0 Å². The van der Waals surface area contributed by atoms with Crippen molar-refractivity contribution in [3.63, 3.8) is 0 Å². The molecule has 0 saturated carbocycles. The molecular weight excluding hydrogens is 526 g/mol. The Morgan fingerprint density at radius 2 is 1.05 bits per heavy atom. The molecule has 0 aliphatic rings. The predicted molar refractivity (Wildman–Crippen MR) is 173 cm³/mol. The molecule has 0 aromatic heterocycles. The van der Waals surface area contributed by atoms with Gasteiger partial charge in [-0.25, -0.2) is 4.39 Å². The number of ether oxygens (including phenoxy) is 2. The number of rotatable bonds is 21. The summed E-state index contributed by atoms with van der Waals surface area (Å²) in [5.74, 6) is -0.944. The lowest BCUT2D eigenvalue weighted by atomic mass is 9.99. The molecular formula is C38H52F2O2.